The maximum Gasteiger partial charge on any atom is 0.324 e. The van der Waals surface area contributed by atoms with E-state index in [1.807, 2.05) is 32.0 Å². The number of hydrogen-bond acceptors (Lipinski definition) is 4. The molecule has 0 saturated heterocycles. The average molecular weight is 304 g/mol. The Morgan fingerprint density at radius 3 is 2.43 bits per heavy atom. The molecule has 110 valence electrons. The zero-order valence-corrected chi connectivity index (χ0v) is 12.5. The molecule has 21 heavy (non-hydrogen) atoms. The molecule has 0 saturated carbocycles. The highest BCUT2D eigenvalue weighted by atomic mass is 32.1. The van der Waals surface area contributed by atoms with Gasteiger partial charge in [-0.3, -0.25) is 10.1 Å². The molecule has 1 heterocycles. The third-order valence-corrected chi connectivity index (χ3v) is 3.90. The molecular weight excluding hydrogens is 288 g/mol. The van der Waals surface area contributed by atoms with Gasteiger partial charge in [0.25, 0.3) is 5.91 Å². The van der Waals surface area contributed by atoms with Crippen molar-refractivity contribution in [2.24, 2.45) is 5.73 Å². The van der Waals surface area contributed by atoms with E-state index in [1.54, 1.807) is 12.1 Å². The van der Waals surface area contributed by atoms with Crippen molar-refractivity contribution >= 4 is 35.0 Å². The molecule has 0 aliphatic rings. The number of primary amides is 1. The fraction of sp³-hybridized carbons (Fsp3) is 0.214. The summed E-state index contributed by atoms with van der Waals surface area (Å²) in [6.45, 7) is 3.88. The minimum Gasteiger partial charge on any atom is -0.365 e. The first kappa shape index (κ1) is 15.0. The lowest BCUT2D eigenvalue weighted by Crippen LogP contribution is -2.22. The predicted octanol–water partition coefficient (Wildman–Crippen LogP) is 3.01. The zero-order chi connectivity index (χ0) is 15.4. The monoisotopic (exact) mass is 304 g/mol. The van der Waals surface area contributed by atoms with Gasteiger partial charge < -0.3 is 11.1 Å². The number of rotatable bonds is 4. The van der Waals surface area contributed by atoms with E-state index in [2.05, 4.69) is 15.0 Å². The van der Waals surface area contributed by atoms with Crippen LogP contribution in [0.15, 0.2) is 30.3 Å². The van der Waals surface area contributed by atoms with Crippen molar-refractivity contribution in [1.82, 2.24) is 4.37 Å². The summed E-state index contributed by atoms with van der Waals surface area (Å²) in [7, 11) is 0. The molecule has 0 atom stereocenters. The number of carbonyl (C=O) groups is 2. The van der Waals surface area contributed by atoms with Gasteiger partial charge in [0.05, 0.1) is 5.56 Å². The summed E-state index contributed by atoms with van der Waals surface area (Å²) < 4.78 is 4.11. The van der Waals surface area contributed by atoms with Gasteiger partial charge in [0.15, 0.2) is 5.82 Å². The highest BCUT2D eigenvalue weighted by Crippen LogP contribution is 2.29. The van der Waals surface area contributed by atoms with Gasteiger partial charge in [-0.15, -0.1) is 0 Å². The van der Waals surface area contributed by atoms with Crippen LogP contribution in [0.1, 0.15) is 35.0 Å². The number of urea groups is 1. The highest BCUT2D eigenvalue weighted by molar-refractivity contribution is 7.06. The Morgan fingerprint density at radius 2 is 1.86 bits per heavy atom. The predicted molar refractivity (Wildman–Crippen MR) is 83.8 cm³/mol. The van der Waals surface area contributed by atoms with Gasteiger partial charge in [-0.1, -0.05) is 32.0 Å². The molecule has 0 fully saturated rings. The SMILES string of the molecule is CC(C)c1snc(NC(=O)Nc2ccccc2)c1C(N)=O. The number of nitrogens with zero attached hydrogens (tertiary/aromatic N) is 1. The molecule has 3 amide bonds. The van der Waals surface area contributed by atoms with Crippen LogP contribution in [0.25, 0.3) is 0 Å². The Balaban J connectivity index is 2.16. The van der Waals surface area contributed by atoms with Gasteiger partial charge >= 0.3 is 6.03 Å². The van der Waals surface area contributed by atoms with E-state index in [0.717, 1.165) is 4.88 Å². The molecule has 0 aliphatic heterocycles. The van der Waals surface area contributed by atoms with Crippen molar-refractivity contribution in [2.75, 3.05) is 10.6 Å². The maximum absolute atomic E-state index is 11.9. The molecule has 0 unspecified atom stereocenters. The van der Waals surface area contributed by atoms with Gasteiger partial charge in [0.2, 0.25) is 0 Å². The fourth-order valence-corrected chi connectivity index (χ4v) is 2.64. The standard InChI is InChI=1S/C14H16N4O2S/c1-8(2)11-10(12(15)19)13(18-21-11)17-14(20)16-9-6-4-3-5-7-9/h3-8H,1-2H3,(H2,15,19)(H2,16,17,18,20). The summed E-state index contributed by atoms with van der Waals surface area (Å²) in [6.07, 6.45) is 0. The average Bonchev–Trinajstić information content (AvgIpc) is 2.83. The van der Waals surface area contributed by atoms with Crippen molar-refractivity contribution in [3.63, 3.8) is 0 Å². The lowest BCUT2D eigenvalue weighted by Gasteiger charge is -2.07. The van der Waals surface area contributed by atoms with Gasteiger partial charge in [0.1, 0.15) is 0 Å². The molecular formula is C14H16N4O2S. The van der Waals surface area contributed by atoms with Crippen molar-refractivity contribution in [3.05, 3.63) is 40.8 Å². The second-order valence-electron chi connectivity index (χ2n) is 4.73. The molecule has 1 aromatic heterocycles. The summed E-state index contributed by atoms with van der Waals surface area (Å²) in [5.41, 5.74) is 6.31. The smallest absolute Gasteiger partial charge is 0.324 e. The largest absolute Gasteiger partial charge is 0.365 e. The summed E-state index contributed by atoms with van der Waals surface area (Å²) in [6, 6.07) is 8.52. The van der Waals surface area contributed by atoms with Crippen LogP contribution in [-0.2, 0) is 0 Å². The van der Waals surface area contributed by atoms with Crippen LogP contribution in [0.2, 0.25) is 0 Å². The molecule has 6 nitrogen and oxygen atoms in total. The van der Waals surface area contributed by atoms with Crippen LogP contribution in [-0.4, -0.2) is 16.3 Å². The number of carbonyl (C=O) groups excluding carboxylic acids is 2. The minimum absolute atomic E-state index is 0.109. The van der Waals surface area contributed by atoms with E-state index in [1.165, 1.54) is 11.5 Å². The molecule has 0 bridgehead atoms. The molecule has 2 aromatic rings. The summed E-state index contributed by atoms with van der Waals surface area (Å²) in [5.74, 6) is -0.287. The van der Waals surface area contributed by atoms with Crippen molar-refractivity contribution < 1.29 is 9.59 Å². The van der Waals surface area contributed by atoms with E-state index in [0.29, 0.717) is 5.69 Å². The number of nitrogens with two attached hydrogens (primary N) is 1. The Kier molecular flexibility index (Phi) is 4.54. The van der Waals surface area contributed by atoms with E-state index < -0.39 is 11.9 Å². The normalized spacial score (nSPS) is 10.4. The second kappa shape index (κ2) is 6.36. The topological polar surface area (TPSA) is 97.1 Å². The van der Waals surface area contributed by atoms with Crippen LogP contribution >= 0.6 is 11.5 Å². The number of hydrogen-bond donors (Lipinski definition) is 3. The number of benzene rings is 1. The molecule has 0 radical (unpaired) electrons. The first-order chi connectivity index (χ1) is 9.99. The van der Waals surface area contributed by atoms with Crippen LogP contribution in [0.5, 0.6) is 0 Å². The number of nitrogens with one attached hydrogen (secondary N) is 2. The maximum atomic E-state index is 11.9. The Bertz CT molecular complexity index is 652. The van der Waals surface area contributed by atoms with Gasteiger partial charge in [-0.05, 0) is 29.6 Å². The van der Waals surface area contributed by atoms with Crippen molar-refractivity contribution in [3.8, 4) is 0 Å². The van der Waals surface area contributed by atoms with Gasteiger partial charge in [0, 0.05) is 10.6 Å². The van der Waals surface area contributed by atoms with Gasteiger partial charge in [-0.25, -0.2) is 4.79 Å². The van der Waals surface area contributed by atoms with Gasteiger partial charge in [-0.2, -0.15) is 4.37 Å². The van der Waals surface area contributed by atoms with Crippen LogP contribution in [0.3, 0.4) is 0 Å². The molecule has 7 heteroatoms. The summed E-state index contributed by atoms with van der Waals surface area (Å²) >= 11 is 1.17. The molecule has 2 rings (SSSR count). The molecule has 1 aromatic carbocycles. The highest BCUT2D eigenvalue weighted by Gasteiger charge is 2.22. The Labute approximate surface area is 126 Å². The number of aromatic nitrogens is 1. The van der Waals surface area contributed by atoms with E-state index >= 15 is 0 Å². The number of anilines is 2. The fourth-order valence-electron chi connectivity index (χ4n) is 1.81. The lowest BCUT2D eigenvalue weighted by molar-refractivity contribution is 0.100. The molecule has 4 N–H and O–H groups in total. The Morgan fingerprint density at radius 1 is 1.19 bits per heavy atom. The van der Waals surface area contributed by atoms with Crippen LogP contribution in [0.4, 0.5) is 16.3 Å². The lowest BCUT2D eigenvalue weighted by atomic mass is 10.1. The van der Waals surface area contributed by atoms with Crippen molar-refractivity contribution in [2.45, 2.75) is 19.8 Å². The third-order valence-electron chi connectivity index (χ3n) is 2.75. The number of amides is 3. The second-order valence-corrected chi connectivity index (χ2v) is 5.54. The third kappa shape index (κ3) is 3.57. The summed E-state index contributed by atoms with van der Waals surface area (Å²) in [4.78, 5) is 24.3. The van der Waals surface area contributed by atoms with E-state index in [-0.39, 0.29) is 17.3 Å². The van der Waals surface area contributed by atoms with E-state index in [4.69, 9.17) is 5.73 Å². The van der Waals surface area contributed by atoms with E-state index in [9.17, 15) is 9.59 Å². The first-order valence-electron chi connectivity index (χ1n) is 6.41. The quantitative estimate of drug-likeness (QED) is 0.810. The first-order valence-corrected chi connectivity index (χ1v) is 7.18. The number of para-hydroxylation sites is 1. The van der Waals surface area contributed by atoms with Crippen molar-refractivity contribution in [1.29, 1.82) is 0 Å². The molecule has 0 spiro atoms. The summed E-state index contributed by atoms with van der Waals surface area (Å²) in [5, 5.41) is 5.22. The molecule has 0 aliphatic carbocycles. The zero-order valence-electron chi connectivity index (χ0n) is 11.7. The van der Waals surface area contributed by atoms with Crippen LogP contribution < -0.4 is 16.4 Å². The van der Waals surface area contributed by atoms with Crippen LogP contribution in [0, 0.1) is 0 Å². The minimum atomic E-state index is -0.595. The Hall–Kier alpha value is -2.41.